The summed E-state index contributed by atoms with van der Waals surface area (Å²) < 4.78 is 28.9. The summed E-state index contributed by atoms with van der Waals surface area (Å²) in [6.07, 6.45) is 4.01. The lowest BCUT2D eigenvalue weighted by molar-refractivity contribution is -0.122. The van der Waals surface area contributed by atoms with E-state index in [1.807, 2.05) is 30.5 Å². The van der Waals surface area contributed by atoms with Crippen molar-refractivity contribution >= 4 is 27.0 Å². The zero-order valence-electron chi connectivity index (χ0n) is 13.5. The zero-order valence-corrected chi connectivity index (χ0v) is 14.3. The molecule has 3 rings (SSSR count). The smallest absolute Gasteiger partial charge is 0.277 e. The molecule has 0 saturated heterocycles. The van der Waals surface area contributed by atoms with Crippen LogP contribution in [0.1, 0.15) is 25.3 Å². The SMILES string of the molecule is CCNS(=O)(=O)NC(Cc1c[nH]c2ccccc12)C(=O)NC1CC1. The normalized spacial score (nSPS) is 16.2. The number of amides is 1. The summed E-state index contributed by atoms with van der Waals surface area (Å²) in [4.78, 5) is 15.6. The molecule has 1 aliphatic rings. The Morgan fingerprint density at radius 3 is 2.79 bits per heavy atom. The summed E-state index contributed by atoms with van der Waals surface area (Å²) in [5.41, 5.74) is 1.86. The lowest BCUT2D eigenvalue weighted by atomic mass is 10.1. The van der Waals surface area contributed by atoms with Gasteiger partial charge in [-0.05, 0) is 30.9 Å². The fraction of sp³-hybridized carbons (Fsp3) is 0.438. The molecule has 130 valence electrons. The van der Waals surface area contributed by atoms with Crippen LogP contribution in [0.3, 0.4) is 0 Å². The molecule has 1 heterocycles. The molecule has 24 heavy (non-hydrogen) atoms. The average molecular weight is 350 g/mol. The van der Waals surface area contributed by atoms with E-state index in [4.69, 9.17) is 0 Å². The minimum absolute atomic E-state index is 0.173. The standard InChI is InChI=1S/C16H22N4O3S/c1-2-18-24(22,23)20-15(16(21)19-12-7-8-12)9-11-10-17-14-6-4-3-5-13(11)14/h3-6,10,12,15,17-18,20H,2,7-9H2,1H3,(H,19,21). The number of rotatable bonds is 8. The Labute approximate surface area is 141 Å². The predicted molar refractivity (Wildman–Crippen MR) is 92.7 cm³/mol. The number of benzene rings is 1. The number of aromatic amines is 1. The second-order valence-corrected chi connectivity index (χ2v) is 7.55. The van der Waals surface area contributed by atoms with Crippen molar-refractivity contribution in [3.63, 3.8) is 0 Å². The number of fused-ring (bicyclic) bond motifs is 1. The molecule has 0 bridgehead atoms. The van der Waals surface area contributed by atoms with Gasteiger partial charge in [-0.3, -0.25) is 4.79 Å². The van der Waals surface area contributed by atoms with E-state index in [1.54, 1.807) is 6.92 Å². The highest BCUT2D eigenvalue weighted by Gasteiger charge is 2.30. The van der Waals surface area contributed by atoms with Crippen LogP contribution in [0.4, 0.5) is 0 Å². The molecule has 7 nitrogen and oxygen atoms in total. The summed E-state index contributed by atoms with van der Waals surface area (Å²) in [5.74, 6) is -0.288. The van der Waals surface area contributed by atoms with Gasteiger partial charge in [-0.1, -0.05) is 25.1 Å². The Balaban J connectivity index is 1.81. The van der Waals surface area contributed by atoms with Crippen LogP contribution in [0.25, 0.3) is 10.9 Å². The van der Waals surface area contributed by atoms with Crippen LogP contribution >= 0.6 is 0 Å². The quantitative estimate of drug-likeness (QED) is 0.566. The summed E-state index contributed by atoms with van der Waals surface area (Å²) >= 11 is 0. The number of hydrogen-bond donors (Lipinski definition) is 4. The van der Waals surface area contributed by atoms with Gasteiger partial charge < -0.3 is 10.3 Å². The third-order valence-electron chi connectivity index (χ3n) is 3.97. The average Bonchev–Trinajstić information content (AvgIpc) is 3.25. The topological polar surface area (TPSA) is 103 Å². The first kappa shape index (κ1) is 16.9. The molecule has 0 spiro atoms. The van der Waals surface area contributed by atoms with Crippen LogP contribution < -0.4 is 14.8 Å². The van der Waals surface area contributed by atoms with Crippen molar-refractivity contribution in [2.24, 2.45) is 0 Å². The maximum atomic E-state index is 12.5. The van der Waals surface area contributed by atoms with E-state index in [9.17, 15) is 13.2 Å². The molecule has 2 aromatic rings. The fourth-order valence-electron chi connectivity index (χ4n) is 2.66. The second kappa shape index (κ2) is 6.92. The van der Waals surface area contributed by atoms with Gasteiger partial charge in [0.2, 0.25) is 5.91 Å². The second-order valence-electron chi connectivity index (χ2n) is 6.02. The molecule has 1 atom stereocenters. The number of para-hydroxylation sites is 1. The Bertz CT molecular complexity index is 827. The molecule has 1 unspecified atom stereocenters. The van der Waals surface area contributed by atoms with Crippen LogP contribution in [-0.2, 0) is 21.4 Å². The molecular weight excluding hydrogens is 328 g/mol. The van der Waals surface area contributed by atoms with Crippen molar-refractivity contribution in [2.75, 3.05) is 6.54 Å². The van der Waals surface area contributed by atoms with Crippen LogP contribution in [0, 0.1) is 0 Å². The monoisotopic (exact) mass is 350 g/mol. The Kier molecular flexibility index (Phi) is 4.88. The van der Waals surface area contributed by atoms with Crippen molar-refractivity contribution in [3.8, 4) is 0 Å². The van der Waals surface area contributed by atoms with E-state index in [-0.39, 0.29) is 24.9 Å². The van der Waals surface area contributed by atoms with E-state index in [0.717, 1.165) is 29.3 Å². The third-order valence-corrected chi connectivity index (χ3v) is 5.23. The number of aromatic nitrogens is 1. The van der Waals surface area contributed by atoms with Gasteiger partial charge in [-0.15, -0.1) is 0 Å². The summed E-state index contributed by atoms with van der Waals surface area (Å²) in [6, 6.07) is 7.06. The van der Waals surface area contributed by atoms with Crippen molar-refractivity contribution in [1.82, 2.24) is 19.7 Å². The van der Waals surface area contributed by atoms with Crippen molar-refractivity contribution in [1.29, 1.82) is 0 Å². The van der Waals surface area contributed by atoms with Gasteiger partial charge in [0.15, 0.2) is 0 Å². The molecule has 1 amide bonds. The van der Waals surface area contributed by atoms with Crippen molar-refractivity contribution in [2.45, 2.75) is 38.3 Å². The lowest BCUT2D eigenvalue weighted by Gasteiger charge is -2.18. The largest absolute Gasteiger partial charge is 0.361 e. The third kappa shape index (κ3) is 4.14. The van der Waals surface area contributed by atoms with E-state index in [1.165, 1.54) is 0 Å². The minimum Gasteiger partial charge on any atom is -0.361 e. The highest BCUT2D eigenvalue weighted by atomic mass is 32.2. The van der Waals surface area contributed by atoms with Crippen LogP contribution in [0.15, 0.2) is 30.5 Å². The van der Waals surface area contributed by atoms with Crippen LogP contribution in [0.5, 0.6) is 0 Å². The maximum Gasteiger partial charge on any atom is 0.277 e. The summed E-state index contributed by atoms with van der Waals surface area (Å²) in [6.45, 7) is 1.96. The van der Waals surface area contributed by atoms with Gasteiger partial charge in [0, 0.05) is 29.7 Å². The number of carbonyl (C=O) groups is 1. The Hall–Kier alpha value is -1.90. The minimum atomic E-state index is -3.72. The number of H-pyrrole nitrogens is 1. The van der Waals surface area contributed by atoms with Gasteiger partial charge in [0.1, 0.15) is 6.04 Å². The van der Waals surface area contributed by atoms with Gasteiger partial charge in [-0.25, -0.2) is 4.72 Å². The molecule has 1 aromatic heterocycles. The van der Waals surface area contributed by atoms with Gasteiger partial charge >= 0.3 is 0 Å². The molecule has 1 aromatic carbocycles. The summed E-state index contributed by atoms with van der Waals surface area (Å²) in [5, 5.41) is 3.87. The first-order chi connectivity index (χ1) is 11.5. The van der Waals surface area contributed by atoms with E-state index < -0.39 is 16.3 Å². The van der Waals surface area contributed by atoms with E-state index in [2.05, 4.69) is 19.7 Å². The molecule has 8 heteroatoms. The fourth-order valence-corrected chi connectivity index (χ4v) is 3.69. The molecule has 0 radical (unpaired) electrons. The molecular formula is C16H22N4O3S. The van der Waals surface area contributed by atoms with Crippen LogP contribution in [0.2, 0.25) is 0 Å². The molecule has 1 fully saturated rings. The first-order valence-electron chi connectivity index (χ1n) is 8.11. The highest BCUT2D eigenvalue weighted by Crippen LogP contribution is 2.21. The van der Waals surface area contributed by atoms with Gasteiger partial charge in [0.05, 0.1) is 0 Å². The Morgan fingerprint density at radius 1 is 1.33 bits per heavy atom. The summed E-state index contributed by atoms with van der Waals surface area (Å²) in [7, 11) is -3.72. The molecule has 4 N–H and O–H groups in total. The van der Waals surface area contributed by atoms with Crippen LogP contribution in [-0.4, -0.2) is 37.9 Å². The zero-order chi connectivity index (χ0) is 17.2. The van der Waals surface area contributed by atoms with Crippen molar-refractivity contribution in [3.05, 3.63) is 36.0 Å². The molecule has 0 aliphatic heterocycles. The van der Waals surface area contributed by atoms with Crippen molar-refractivity contribution < 1.29 is 13.2 Å². The maximum absolute atomic E-state index is 12.5. The number of nitrogens with one attached hydrogen (secondary N) is 4. The number of carbonyl (C=O) groups excluding carboxylic acids is 1. The molecule has 1 saturated carbocycles. The van der Waals surface area contributed by atoms with Gasteiger partial charge in [-0.2, -0.15) is 13.1 Å². The van der Waals surface area contributed by atoms with Gasteiger partial charge in [0.25, 0.3) is 10.2 Å². The molecule has 1 aliphatic carbocycles. The Morgan fingerprint density at radius 2 is 2.08 bits per heavy atom. The van der Waals surface area contributed by atoms with E-state index in [0.29, 0.717) is 0 Å². The lowest BCUT2D eigenvalue weighted by Crippen LogP contribution is -2.51. The van der Waals surface area contributed by atoms with E-state index >= 15 is 0 Å². The highest BCUT2D eigenvalue weighted by molar-refractivity contribution is 7.87. The first-order valence-corrected chi connectivity index (χ1v) is 9.59. The predicted octanol–water partition coefficient (Wildman–Crippen LogP) is 0.801. The number of hydrogen-bond acceptors (Lipinski definition) is 3.